The molecule has 0 radical (unpaired) electrons. The summed E-state index contributed by atoms with van der Waals surface area (Å²) in [6.07, 6.45) is 2.09. The van der Waals surface area contributed by atoms with E-state index in [0.29, 0.717) is 24.3 Å². The van der Waals surface area contributed by atoms with Gasteiger partial charge in [-0.05, 0) is 48.0 Å². The molecule has 160 valence electrons. The number of aliphatic hydroxyl groups excluding tert-OH is 1. The highest BCUT2D eigenvalue weighted by Crippen LogP contribution is 2.42. The van der Waals surface area contributed by atoms with Crippen LogP contribution in [-0.2, 0) is 16.0 Å². The summed E-state index contributed by atoms with van der Waals surface area (Å²) in [7, 11) is 0. The molecule has 8 heteroatoms. The number of halogens is 2. The van der Waals surface area contributed by atoms with Crippen molar-refractivity contribution in [2.45, 2.75) is 12.5 Å². The number of rotatable bonds is 3. The topological polar surface area (TPSA) is 79.7 Å². The fourth-order valence-electron chi connectivity index (χ4n) is 4.06. The second kappa shape index (κ2) is 7.56. The molecule has 1 saturated heterocycles. The minimum Gasteiger partial charge on any atom is -0.507 e. The molecule has 3 heterocycles. The molecule has 1 N–H and O–H groups in total. The van der Waals surface area contributed by atoms with Crippen LogP contribution in [0.1, 0.15) is 22.9 Å². The average Bonchev–Trinajstić information content (AvgIpc) is 3.38. The van der Waals surface area contributed by atoms with Crippen LogP contribution < -0.4 is 9.64 Å². The Labute approximate surface area is 181 Å². The van der Waals surface area contributed by atoms with Crippen molar-refractivity contribution in [1.29, 1.82) is 0 Å². The van der Waals surface area contributed by atoms with Crippen LogP contribution in [0.25, 0.3) is 5.76 Å². The standard InChI is InChI=1S/C24H16F2N2O4/c25-15-5-6-16(26)18(12-15)28-21(17-3-1-2-9-27-17)20(23(30)24(28)31)22(29)14-4-7-19-13(11-14)8-10-32-19/h1-7,9,11-12,21,29H,8,10H2/b22-20-. The predicted octanol–water partition coefficient (Wildman–Crippen LogP) is 3.92. The number of amides is 1. The molecule has 1 amide bonds. The van der Waals surface area contributed by atoms with Gasteiger partial charge in [0.05, 0.1) is 23.6 Å². The van der Waals surface area contributed by atoms with Gasteiger partial charge in [-0.15, -0.1) is 0 Å². The third kappa shape index (κ3) is 3.11. The van der Waals surface area contributed by atoms with E-state index in [4.69, 9.17) is 4.74 Å². The highest BCUT2D eigenvalue weighted by atomic mass is 19.1. The molecule has 32 heavy (non-hydrogen) atoms. The highest BCUT2D eigenvalue weighted by Gasteiger charge is 2.48. The number of anilines is 1. The Morgan fingerprint density at radius 2 is 1.94 bits per heavy atom. The van der Waals surface area contributed by atoms with Crippen molar-refractivity contribution >= 4 is 23.1 Å². The lowest BCUT2D eigenvalue weighted by atomic mass is 9.97. The molecule has 2 aliphatic heterocycles. The van der Waals surface area contributed by atoms with E-state index in [1.165, 1.54) is 6.20 Å². The molecule has 1 atom stereocenters. The molecular weight excluding hydrogens is 418 g/mol. The van der Waals surface area contributed by atoms with Crippen LogP contribution in [0.15, 0.2) is 66.4 Å². The molecule has 0 bridgehead atoms. The third-order valence-corrected chi connectivity index (χ3v) is 5.54. The van der Waals surface area contributed by atoms with Gasteiger partial charge >= 0.3 is 0 Å². The van der Waals surface area contributed by atoms with E-state index in [1.807, 2.05) is 0 Å². The number of hydrogen-bond acceptors (Lipinski definition) is 5. The zero-order valence-corrected chi connectivity index (χ0v) is 16.6. The van der Waals surface area contributed by atoms with E-state index in [0.717, 1.165) is 28.7 Å². The van der Waals surface area contributed by atoms with Crippen LogP contribution in [0.5, 0.6) is 5.75 Å². The summed E-state index contributed by atoms with van der Waals surface area (Å²) >= 11 is 0. The average molecular weight is 434 g/mol. The summed E-state index contributed by atoms with van der Waals surface area (Å²) in [6.45, 7) is 0.511. The Morgan fingerprint density at radius 3 is 2.72 bits per heavy atom. The summed E-state index contributed by atoms with van der Waals surface area (Å²) < 4.78 is 34.0. The van der Waals surface area contributed by atoms with E-state index < -0.39 is 40.8 Å². The summed E-state index contributed by atoms with van der Waals surface area (Å²) in [5, 5.41) is 11.1. The van der Waals surface area contributed by atoms with Crippen LogP contribution in [0.4, 0.5) is 14.5 Å². The third-order valence-electron chi connectivity index (χ3n) is 5.54. The Kier molecular flexibility index (Phi) is 4.70. The van der Waals surface area contributed by atoms with Gasteiger partial charge < -0.3 is 9.84 Å². The van der Waals surface area contributed by atoms with Gasteiger partial charge in [0.25, 0.3) is 11.7 Å². The van der Waals surface area contributed by atoms with Gasteiger partial charge in [0, 0.05) is 24.2 Å². The molecule has 3 aromatic rings. The first-order valence-electron chi connectivity index (χ1n) is 9.89. The monoisotopic (exact) mass is 434 g/mol. The number of pyridine rings is 1. The molecular formula is C24H16F2N2O4. The van der Waals surface area contributed by atoms with Gasteiger partial charge in [0.1, 0.15) is 29.2 Å². The molecule has 1 aromatic heterocycles. The number of ether oxygens (including phenoxy) is 1. The van der Waals surface area contributed by atoms with Gasteiger partial charge in [-0.3, -0.25) is 19.5 Å². The highest BCUT2D eigenvalue weighted by molar-refractivity contribution is 6.51. The number of carbonyl (C=O) groups is 2. The number of benzene rings is 2. The van der Waals surface area contributed by atoms with Crippen molar-refractivity contribution in [3.05, 3.63) is 94.8 Å². The molecule has 6 nitrogen and oxygen atoms in total. The van der Waals surface area contributed by atoms with E-state index in [1.54, 1.807) is 36.4 Å². The molecule has 1 fully saturated rings. The van der Waals surface area contributed by atoms with E-state index >= 15 is 0 Å². The van der Waals surface area contributed by atoms with Crippen LogP contribution in [-0.4, -0.2) is 28.4 Å². The predicted molar refractivity (Wildman–Crippen MR) is 111 cm³/mol. The van der Waals surface area contributed by atoms with Crippen molar-refractivity contribution in [3.63, 3.8) is 0 Å². The van der Waals surface area contributed by atoms with E-state index in [9.17, 15) is 23.5 Å². The van der Waals surface area contributed by atoms with Gasteiger partial charge in [-0.1, -0.05) is 6.07 Å². The zero-order valence-electron chi connectivity index (χ0n) is 16.6. The number of nitrogens with zero attached hydrogens (tertiary/aromatic N) is 2. The SMILES string of the molecule is O=C1C(=O)N(c2cc(F)ccc2F)C(c2ccccn2)/C1=C(/O)c1ccc2c(c1)CCO2. The Morgan fingerprint density at radius 1 is 1.09 bits per heavy atom. The lowest BCUT2D eigenvalue weighted by Crippen LogP contribution is -2.30. The van der Waals surface area contributed by atoms with Gasteiger partial charge in [0.2, 0.25) is 0 Å². The van der Waals surface area contributed by atoms with Crippen LogP contribution >= 0.6 is 0 Å². The van der Waals surface area contributed by atoms with Crippen LogP contribution in [0.3, 0.4) is 0 Å². The zero-order chi connectivity index (χ0) is 22.4. The number of carbonyl (C=O) groups excluding carboxylic acids is 2. The fraction of sp³-hybridized carbons (Fsp3) is 0.125. The van der Waals surface area contributed by atoms with Crippen molar-refractivity contribution in [2.75, 3.05) is 11.5 Å². The van der Waals surface area contributed by atoms with Crippen molar-refractivity contribution in [1.82, 2.24) is 4.98 Å². The molecule has 0 spiro atoms. The summed E-state index contributed by atoms with van der Waals surface area (Å²) in [5.74, 6) is -3.50. The summed E-state index contributed by atoms with van der Waals surface area (Å²) in [6, 6.07) is 11.1. The summed E-state index contributed by atoms with van der Waals surface area (Å²) in [5.41, 5.74) is 0.725. The number of aliphatic hydroxyl groups is 1. The largest absolute Gasteiger partial charge is 0.507 e. The lowest BCUT2D eigenvalue weighted by Gasteiger charge is -2.25. The number of fused-ring (bicyclic) bond motifs is 1. The maximum Gasteiger partial charge on any atom is 0.300 e. The Hall–Kier alpha value is -4.07. The molecule has 2 aliphatic rings. The fourth-order valence-corrected chi connectivity index (χ4v) is 4.06. The van der Waals surface area contributed by atoms with E-state index in [2.05, 4.69) is 4.98 Å². The first-order valence-corrected chi connectivity index (χ1v) is 9.89. The second-order valence-electron chi connectivity index (χ2n) is 7.44. The van der Waals surface area contributed by atoms with Gasteiger partial charge in [-0.25, -0.2) is 8.78 Å². The van der Waals surface area contributed by atoms with Crippen LogP contribution in [0, 0.1) is 11.6 Å². The van der Waals surface area contributed by atoms with Crippen molar-refractivity contribution in [3.8, 4) is 5.75 Å². The smallest absolute Gasteiger partial charge is 0.300 e. The minimum atomic E-state index is -1.24. The van der Waals surface area contributed by atoms with E-state index in [-0.39, 0.29) is 11.3 Å². The number of aromatic nitrogens is 1. The van der Waals surface area contributed by atoms with Gasteiger partial charge in [-0.2, -0.15) is 0 Å². The molecule has 0 aliphatic carbocycles. The minimum absolute atomic E-state index is 0.224. The normalized spacial score (nSPS) is 19.2. The first kappa shape index (κ1) is 19.9. The van der Waals surface area contributed by atoms with Crippen molar-refractivity contribution in [2.24, 2.45) is 0 Å². The van der Waals surface area contributed by atoms with Gasteiger partial charge in [0.15, 0.2) is 0 Å². The quantitative estimate of drug-likeness (QED) is 0.384. The maximum absolute atomic E-state index is 14.6. The molecule has 0 saturated carbocycles. The van der Waals surface area contributed by atoms with Crippen LogP contribution in [0.2, 0.25) is 0 Å². The maximum atomic E-state index is 14.6. The van der Waals surface area contributed by atoms with Crippen molar-refractivity contribution < 1.29 is 28.2 Å². The second-order valence-corrected chi connectivity index (χ2v) is 7.44. The number of Topliss-reactive ketones (excluding diaryl/α,β-unsaturated/α-hetero) is 1. The molecule has 5 rings (SSSR count). The molecule has 2 aromatic carbocycles. The first-order chi connectivity index (χ1) is 15.5. The lowest BCUT2D eigenvalue weighted by molar-refractivity contribution is -0.132. The number of ketones is 1. The molecule has 1 unspecified atom stereocenters. The Balaban J connectivity index is 1.73. The Bertz CT molecular complexity index is 1290. The summed E-state index contributed by atoms with van der Waals surface area (Å²) in [4.78, 5) is 31.1. The number of hydrogen-bond donors (Lipinski definition) is 1.